The summed E-state index contributed by atoms with van der Waals surface area (Å²) in [5.41, 5.74) is 4.57. The number of piperazine rings is 1. The molecule has 8 heteroatoms. The minimum absolute atomic E-state index is 0.0420. The maximum Gasteiger partial charge on any atom is 0.252 e. The summed E-state index contributed by atoms with van der Waals surface area (Å²) in [6.07, 6.45) is 4.00. The molecule has 2 aromatic carbocycles. The van der Waals surface area contributed by atoms with Crippen LogP contribution in [0.2, 0.25) is 0 Å². The summed E-state index contributed by atoms with van der Waals surface area (Å²) in [7, 11) is 0. The number of benzene rings is 2. The van der Waals surface area contributed by atoms with Crippen LogP contribution in [0.1, 0.15) is 21.6 Å². The summed E-state index contributed by atoms with van der Waals surface area (Å²) < 4.78 is 2.00. The second-order valence-corrected chi connectivity index (χ2v) is 9.12. The van der Waals surface area contributed by atoms with Crippen LogP contribution in [-0.4, -0.2) is 40.8 Å². The van der Waals surface area contributed by atoms with E-state index in [2.05, 4.69) is 20.5 Å². The summed E-state index contributed by atoms with van der Waals surface area (Å²) in [5.74, 6) is 0.622. The van der Waals surface area contributed by atoms with Crippen molar-refractivity contribution >= 4 is 34.9 Å². The molecule has 0 saturated carbocycles. The summed E-state index contributed by atoms with van der Waals surface area (Å²) in [6.45, 7) is 2.26. The number of amides is 2. The first-order valence-corrected chi connectivity index (χ1v) is 12.2. The number of fused-ring (bicyclic) bond motifs is 1. The molecule has 0 spiro atoms. The first-order valence-electron chi connectivity index (χ1n) is 11.2. The number of anilines is 1. The molecule has 7 nitrogen and oxygen atoms in total. The number of hydrogen-bond acceptors (Lipinski definition) is 5. The number of carbonyl (C=O) groups is 2. The van der Waals surface area contributed by atoms with E-state index in [1.54, 1.807) is 11.8 Å². The Morgan fingerprint density at radius 1 is 1.06 bits per heavy atom. The fourth-order valence-corrected chi connectivity index (χ4v) is 4.88. The third kappa shape index (κ3) is 5.07. The van der Waals surface area contributed by atoms with E-state index in [1.165, 1.54) is 0 Å². The van der Waals surface area contributed by atoms with Gasteiger partial charge in [-0.1, -0.05) is 30.3 Å². The van der Waals surface area contributed by atoms with E-state index in [1.807, 2.05) is 83.5 Å². The van der Waals surface area contributed by atoms with Gasteiger partial charge in [-0.2, -0.15) is 0 Å². The molecule has 172 valence electrons. The van der Waals surface area contributed by atoms with Crippen LogP contribution in [0.3, 0.4) is 0 Å². The third-order valence-corrected chi connectivity index (χ3v) is 6.82. The Morgan fingerprint density at radius 3 is 2.71 bits per heavy atom. The summed E-state index contributed by atoms with van der Waals surface area (Å²) >= 11 is 1.61. The van der Waals surface area contributed by atoms with Gasteiger partial charge in [-0.05, 0) is 42.0 Å². The van der Waals surface area contributed by atoms with E-state index in [9.17, 15) is 9.59 Å². The molecule has 1 aliphatic heterocycles. The van der Waals surface area contributed by atoms with Gasteiger partial charge in [-0.25, -0.2) is 4.98 Å². The van der Waals surface area contributed by atoms with Crippen LogP contribution in [0.15, 0.2) is 84.0 Å². The number of pyridine rings is 1. The predicted molar refractivity (Wildman–Crippen MR) is 134 cm³/mol. The molecule has 0 unspecified atom stereocenters. The third-order valence-electron chi connectivity index (χ3n) is 5.71. The maximum atomic E-state index is 12.9. The molecule has 2 aromatic heterocycles. The zero-order chi connectivity index (χ0) is 23.3. The van der Waals surface area contributed by atoms with Gasteiger partial charge in [-0.3, -0.25) is 9.59 Å². The van der Waals surface area contributed by atoms with Gasteiger partial charge in [0, 0.05) is 48.4 Å². The second-order valence-electron chi connectivity index (χ2n) is 8.10. The first-order chi connectivity index (χ1) is 16.7. The Hall–Kier alpha value is -3.78. The average Bonchev–Trinajstić information content (AvgIpc) is 3.30. The van der Waals surface area contributed by atoms with Gasteiger partial charge < -0.3 is 19.9 Å². The quantitative estimate of drug-likeness (QED) is 0.404. The van der Waals surface area contributed by atoms with Gasteiger partial charge in [0.05, 0.1) is 17.8 Å². The van der Waals surface area contributed by atoms with E-state index in [0.717, 1.165) is 34.0 Å². The number of hydrogen-bond donors (Lipinski definition) is 2. The van der Waals surface area contributed by atoms with Crippen molar-refractivity contribution in [3.63, 3.8) is 0 Å². The van der Waals surface area contributed by atoms with Gasteiger partial charge in [0.15, 0.2) is 0 Å². The van der Waals surface area contributed by atoms with Crippen molar-refractivity contribution in [3.8, 4) is 0 Å². The molecular weight excluding hydrogens is 446 g/mol. The molecular formula is C26H25N5O2S. The highest BCUT2D eigenvalue weighted by molar-refractivity contribution is 7.98. The number of thioether (sulfide) groups is 1. The molecule has 1 fully saturated rings. The second kappa shape index (κ2) is 10.0. The smallest absolute Gasteiger partial charge is 0.252 e. The highest BCUT2D eigenvalue weighted by Gasteiger charge is 2.16. The van der Waals surface area contributed by atoms with E-state index < -0.39 is 0 Å². The highest BCUT2D eigenvalue weighted by Crippen LogP contribution is 2.26. The molecule has 2 amide bonds. The average molecular weight is 472 g/mol. The Bertz CT molecular complexity index is 1290. The van der Waals surface area contributed by atoms with Crippen molar-refractivity contribution in [3.05, 3.63) is 95.9 Å². The predicted octanol–water partition coefficient (Wildman–Crippen LogP) is 3.49. The van der Waals surface area contributed by atoms with Crippen LogP contribution in [-0.2, 0) is 17.1 Å². The molecule has 5 rings (SSSR count). The van der Waals surface area contributed by atoms with Gasteiger partial charge in [0.25, 0.3) is 5.91 Å². The van der Waals surface area contributed by atoms with Crippen LogP contribution >= 0.6 is 11.8 Å². The van der Waals surface area contributed by atoms with Crippen LogP contribution in [0.4, 0.5) is 5.69 Å². The number of nitrogens with one attached hydrogen (secondary N) is 2. The Kier molecular flexibility index (Phi) is 6.49. The van der Waals surface area contributed by atoms with Gasteiger partial charge in [0.2, 0.25) is 5.91 Å². The van der Waals surface area contributed by atoms with Gasteiger partial charge in [-0.15, -0.1) is 11.8 Å². The number of rotatable bonds is 7. The molecule has 2 N–H and O–H groups in total. The summed E-state index contributed by atoms with van der Waals surface area (Å²) in [5, 5.41) is 5.87. The lowest BCUT2D eigenvalue weighted by atomic mass is 10.1. The summed E-state index contributed by atoms with van der Waals surface area (Å²) in [4.78, 5) is 32.2. The lowest BCUT2D eigenvalue weighted by molar-refractivity contribution is -0.120. The lowest BCUT2D eigenvalue weighted by Crippen LogP contribution is -2.47. The van der Waals surface area contributed by atoms with Crippen molar-refractivity contribution in [1.82, 2.24) is 20.0 Å². The molecule has 34 heavy (non-hydrogen) atoms. The van der Waals surface area contributed by atoms with E-state index in [4.69, 9.17) is 0 Å². The monoisotopic (exact) mass is 471 g/mol. The molecule has 4 aromatic rings. The summed E-state index contributed by atoms with van der Waals surface area (Å²) in [6, 6.07) is 21.6. The molecule has 1 aliphatic rings. The number of nitrogens with zero attached hydrogens (tertiary/aromatic N) is 3. The highest BCUT2D eigenvalue weighted by atomic mass is 32.2. The Balaban J connectivity index is 1.20. The Labute approximate surface area is 202 Å². The molecule has 0 radical (unpaired) electrons. The van der Waals surface area contributed by atoms with Crippen LogP contribution < -0.4 is 15.5 Å². The molecule has 0 aliphatic carbocycles. The standard InChI is InChI=1S/C26H25N5O2S/c32-25-17-30(14-12-27-25)21-10-8-19(9-11-21)15-28-26(33)22-5-1-2-6-23(22)34-18-20-16-31-13-4-3-7-24(31)29-20/h1-11,13,16H,12,14-15,17-18H2,(H,27,32)(H,28,33). The van der Waals surface area contributed by atoms with E-state index >= 15 is 0 Å². The van der Waals surface area contributed by atoms with Crippen molar-refractivity contribution in [2.45, 2.75) is 17.2 Å². The van der Waals surface area contributed by atoms with Gasteiger partial charge in [0.1, 0.15) is 5.65 Å². The van der Waals surface area contributed by atoms with Crippen molar-refractivity contribution in [1.29, 1.82) is 0 Å². The number of carbonyl (C=O) groups excluding carboxylic acids is 2. The molecule has 1 saturated heterocycles. The number of aromatic nitrogens is 2. The minimum atomic E-state index is -0.102. The van der Waals surface area contributed by atoms with Crippen LogP contribution in [0.5, 0.6) is 0 Å². The van der Waals surface area contributed by atoms with Crippen LogP contribution in [0.25, 0.3) is 5.65 Å². The molecule has 3 heterocycles. The van der Waals surface area contributed by atoms with E-state index in [-0.39, 0.29) is 11.8 Å². The van der Waals surface area contributed by atoms with Crippen molar-refractivity contribution in [2.75, 3.05) is 24.5 Å². The minimum Gasteiger partial charge on any atom is -0.360 e. The fourth-order valence-electron chi connectivity index (χ4n) is 3.95. The normalized spacial score (nSPS) is 13.6. The van der Waals surface area contributed by atoms with E-state index in [0.29, 0.717) is 31.0 Å². The Morgan fingerprint density at radius 2 is 1.88 bits per heavy atom. The topological polar surface area (TPSA) is 78.7 Å². The van der Waals surface area contributed by atoms with Crippen molar-refractivity contribution in [2.24, 2.45) is 0 Å². The number of imidazole rings is 1. The molecule has 0 bridgehead atoms. The lowest BCUT2D eigenvalue weighted by Gasteiger charge is -2.28. The largest absolute Gasteiger partial charge is 0.360 e. The zero-order valence-corrected chi connectivity index (χ0v) is 19.4. The van der Waals surface area contributed by atoms with Crippen molar-refractivity contribution < 1.29 is 9.59 Å². The zero-order valence-electron chi connectivity index (χ0n) is 18.6. The molecule has 0 atom stereocenters. The maximum absolute atomic E-state index is 12.9. The first kappa shape index (κ1) is 22.0. The SMILES string of the molecule is O=C1CN(c2ccc(CNC(=O)c3ccccc3SCc3cn4ccccc4n3)cc2)CCN1. The fraction of sp³-hybridized carbons (Fsp3) is 0.192. The van der Waals surface area contributed by atoms with Crippen LogP contribution in [0, 0.1) is 0 Å². The van der Waals surface area contributed by atoms with Gasteiger partial charge >= 0.3 is 0 Å².